The van der Waals surface area contributed by atoms with Crippen molar-refractivity contribution in [2.24, 2.45) is 0 Å². The second-order valence-corrected chi connectivity index (χ2v) is 9.11. The Morgan fingerprint density at radius 1 is 1.25 bits per heavy atom. The Hall–Kier alpha value is -1.79. The van der Waals surface area contributed by atoms with Crippen LogP contribution < -0.4 is 0 Å². The van der Waals surface area contributed by atoms with E-state index in [1.807, 2.05) is 12.1 Å². The first-order valence-electron chi connectivity index (χ1n) is 8.21. The number of rotatable bonds is 7. The van der Waals surface area contributed by atoms with Crippen LogP contribution in [0.15, 0.2) is 55.1 Å². The molecule has 24 heavy (non-hydrogen) atoms. The smallest absolute Gasteiger partial charge is 0.150 e. The standard InChI is InChI=1S/C21H22FOP/c1-16(22)18-8-9-19(13-23)20(12-18)21(10-11-21)15-24(2)14-17-6-4-3-5-7-17/h3-9,12-13H,1,10-11,14-15H2,2H3. The molecule has 1 saturated carbocycles. The Kier molecular flexibility index (Phi) is 4.96. The van der Waals surface area contributed by atoms with Crippen LogP contribution in [-0.4, -0.2) is 19.1 Å². The van der Waals surface area contributed by atoms with E-state index in [-0.39, 0.29) is 13.3 Å². The molecule has 0 spiro atoms. The molecule has 0 heterocycles. The second kappa shape index (κ2) is 6.99. The van der Waals surface area contributed by atoms with Crippen molar-refractivity contribution in [1.29, 1.82) is 0 Å². The molecule has 1 unspecified atom stereocenters. The van der Waals surface area contributed by atoms with E-state index in [4.69, 9.17) is 0 Å². The quantitative estimate of drug-likeness (QED) is 0.461. The van der Waals surface area contributed by atoms with Crippen molar-refractivity contribution in [2.75, 3.05) is 12.8 Å². The molecular formula is C21H22FOP. The molecule has 0 N–H and O–H groups in total. The van der Waals surface area contributed by atoms with Crippen molar-refractivity contribution >= 4 is 20.0 Å². The third-order valence-corrected chi connectivity index (χ3v) is 6.84. The molecule has 3 rings (SSSR count). The van der Waals surface area contributed by atoms with Crippen LogP contribution in [0.3, 0.4) is 0 Å². The third kappa shape index (κ3) is 3.65. The highest BCUT2D eigenvalue weighted by Gasteiger charge is 2.46. The van der Waals surface area contributed by atoms with Crippen LogP contribution in [0, 0.1) is 0 Å². The zero-order valence-electron chi connectivity index (χ0n) is 14.0. The maximum atomic E-state index is 13.5. The average molecular weight is 340 g/mol. The molecule has 2 aromatic carbocycles. The van der Waals surface area contributed by atoms with Crippen LogP contribution in [0.1, 0.15) is 39.9 Å². The van der Waals surface area contributed by atoms with E-state index in [0.717, 1.165) is 37.0 Å². The van der Waals surface area contributed by atoms with Gasteiger partial charge in [-0.15, -0.1) is 7.92 Å². The molecule has 0 saturated heterocycles. The van der Waals surface area contributed by atoms with Crippen LogP contribution >= 0.6 is 7.92 Å². The van der Waals surface area contributed by atoms with Crippen molar-refractivity contribution in [3.63, 3.8) is 0 Å². The highest BCUT2D eigenvalue weighted by molar-refractivity contribution is 7.56. The number of carbonyl (C=O) groups is 1. The lowest BCUT2D eigenvalue weighted by Gasteiger charge is -2.23. The predicted molar refractivity (Wildman–Crippen MR) is 101 cm³/mol. The van der Waals surface area contributed by atoms with E-state index in [9.17, 15) is 9.18 Å². The van der Waals surface area contributed by atoms with E-state index in [1.54, 1.807) is 12.1 Å². The molecule has 1 nitrogen and oxygen atoms in total. The van der Waals surface area contributed by atoms with Crippen LogP contribution in [0.2, 0.25) is 0 Å². The van der Waals surface area contributed by atoms with Gasteiger partial charge in [-0.25, -0.2) is 4.39 Å². The van der Waals surface area contributed by atoms with Gasteiger partial charge in [-0.3, -0.25) is 4.79 Å². The van der Waals surface area contributed by atoms with Gasteiger partial charge in [-0.1, -0.05) is 49.0 Å². The number of carbonyl (C=O) groups excluding carboxylic acids is 1. The topological polar surface area (TPSA) is 17.1 Å². The Bertz CT molecular complexity index is 750. The predicted octanol–water partition coefficient (Wildman–Crippen LogP) is 5.78. The molecule has 1 aliphatic rings. The van der Waals surface area contributed by atoms with E-state index in [2.05, 4.69) is 37.5 Å². The summed E-state index contributed by atoms with van der Waals surface area (Å²) in [5.74, 6) is -0.437. The molecule has 124 valence electrons. The van der Waals surface area contributed by atoms with Gasteiger partial charge in [0.2, 0.25) is 0 Å². The van der Waals surface area contributed by atoms with Gasteiger partial charge in [0.1, 0.15) is 12.1 Å². The minimum atomic E-state index is -0.437. The highest BCUT2D eigenvalue weighted by atomic mass is 31.1. The minimum absolute atomic E-state index is 0.0525. The van der Waals surface area contributed by atoms with Gasteiger partial charge in [0.05, 0.1) is 0 Å². The fourth-order valence-corrected chi connectivity index (χ4v) is 5.88. The van der Waals surface area contributed by atoms with E-state index in [1.165, 1.54) is 5.56 Å². The summed E-state index contributed by atoms with van der Waals surface area (Å²) in [5.41, 5.74) is 3.61. The summed E-state index contributed by atoms with van der Waals surface area (Å²) in [6, 6.07) is 15.7. The highest BCUT2D eigenvalue weighted by Crippen LogP contribution is 2.56. The molecule has 1 aliphatic carbocycles. The summed E-state index contributed by atoms with van der Waals surface area (Å²) in [7, 11) is -0.180. The van der Waals surface area contributed by atoms with Crippen LogP contribution in [0.25, 0.3) is 5.83 Å². The number of halogens is 1. The summed E-state index contributed by atoms with van der Waals surface area (Å²) < 4.78 is 13.5. The summed E-state index contributed by atoms with van der Waals surface area (Å²) in [6.45, 7) is 5.71. The van der Waals surface area contributed by atoms with Crippen molar-refractivity contribution in [1.82, 2.24) is 0 Å². The summed E-state index contributed by atoms with van der Waals surface area (Å²) in [4.78, 5) is 11.4. The Balaban J connectivity index is 1.82. The van der Waals surface area contributed by atoms with Gasteiger partial charge in [-0.05, 0) is 49.0 Å². The maximum Gasteiger partial charge on any atom is 0.150 e. The van der Waals surface area contributed by atoms with Crippen LogP contribution in [0.4, 0.5) is 4.39 Å². The molecule has 0 bridgehead atoms. The van der Waals surface area contributed by atoms with E-state index in [0.29, 0.717) is 11.1 Å². The molecule has 0 radical (unpaired) electrons. The van der Waals surface area contributed by atoms with Crippen molar-refractivity contribution in [2.45, 2.75) is 24.4 Å². The largest absolute Gasteiger partial charge is 0.298 e. The molecule has 0 amide bonds. The summed E-state index contributed by atoms with van der Waals surface area (Å²) in [5, 5.41) is 0. The first kappa shape index (κ1) is 17.0. The lowest BCUT2D eigenvalue weighted by Crippen LogP contribution is -2.15. The molecule has 3 heteroatoms. The van der Waals surface area contributed by atoms with Gasteiger partial charge in [-0.2, -0.15) is 0 Å². The lowest BCUT2D eigenvalue weighted by atomic mass is 9.91. The second-order valence-electron chi connectivity index (χ2n) is 6.76. The molecule has 1 atom stereocenters. The number of aldehydes is 1. The fraction of sp³-hybridized carbons (Fsp3) is 0.286. The third-order valence-electron chi connectivity index (χ3n) is 4.79. The first-order valence-corrected chi connectivity index (χ1v) is 10.4. The molecule has 0 aromatic heterocycles. The molecule has 1 fully saturated rings. The van der Waals surface area contributed by atoms with E-state index < -0.39 is 5.83 Å². The number of benzene rings is 2. The van der Waals surface area contributed by atoms with Crippen molar-refractivity contribution < 1.29 is 9.18 Å². The zero-order valence-corrected chi connectivity index (χ0v) is 14.9. The number of hydrogen-bond acceptors (Lipinski definition) is 1. The lowest BCUT2D eigenvalue weighted by molar-refractivity contribution is 0.112. The maximum absolute atomic E-state index is 13.5. The van der Waals surface area contributed by atoms with Crippen LogP contribution in [0.5, 0.6) is 0 Å². The first-order chi connectivity index (χ1) is 11.5. The van der Waals surface area contributed by atoms with Gasteiger partial charge < -0.3 is 0 Å². The van der Waals surface area contributed by atoms with E-state index >= 15 is 0 Å². The molecule has 2 aromatic rings. The fourth-order valence-electron chi connectivity index (χ4n) is 3.42. The van der Waals surface area contributed by atoms with Crippen LogP contribution in [-0.2, 0) is 11.6 Å². The average Bonchev–Trinajstić information content (AvgIpc) is 3.35. The van der Waals surface area contributed by atoms with Crippen molar-refractivity contribution in [3.05, 3.63) is 77.4 Å². The SMILES string of the molecule is C=C(F)c1ccc(C=O)c(C2(CP(C)Cc3ccccc3)CC2)c1. The monoisotopic (exact) mass is 340 g/mol. The normalized spacial score (nSPS) is 16.4. The Morgan fingerprint density at radius 3 is 2.54 bits per heavy atom. The zero-order chi connectivity index (χ0) is 17.2. The van der Waals surface area contributed by atoms with Gasteiger partial charge >= 0.3 is 0 Å². The summed E-state index contributed by atoms with van der Waals surface area (Å²) >= 11 is 0. The summed E-state index contributed by atoms with van der Waals surface area (Å²) in [6.07, 6.45) is 5.23. The number of hydrogen-bond donors (Lipinski definition) is 0. The van der Waals surface area contributed by atoms with Gasteiger partial charge in [0.25, 0.3) is 0 Å². The Morgan fingerprint density at radius 2 is 1.96 bits per heavy atom. The minimum Gasteiger partial charge on any atom is -0.298 e. The van der Waals surface area contributed by atoms with Gasteiger partial charge in [0.15, 0.2) is 0 Å². The van der Waals surface area contributed by atoms with Gasteiger partial charge in [0, 0.05) is 16.5 Å². The van der Waals surface area contributed by atoms with Crippen molar-refractivity contribution in [3.8, 4) is 0 Å². The Labute approximate surface area is 144 Å². The molecular weight excluding hydrogens is 318 g/mol. The molecule has 0 aliphatic heterocycles.